The predicted octanol–water partition coefficient (Wildman–Crippen LogP) is 4.53. The second-order valence-electron chi connectivity index (χ2n) is 5.90. The number of esters is 1. The van der Waals surface area contributed by atoms with Gasteiger partial charge in [-0.2, -0.15) is 0 Å². The van der Waals surface area contributed by atoms with Crippen LogP contribution in [-0.2, 0) is 4.74 Å². The summed E-state index contributed by atoms with van der Waals surface area (Å²) in [6.45, 7) is 3.87. The molecule has 0 aliphatic heterocycles. The van der Waals surface area contributed by atoms with Crippen LogP contribution in [0.1, 0.15) is 23.0 Å². The molecule has 0 radical (unpaired) electrons. The van der Waals surface area contributed by atoms with Crippen LogP contribution in [0.2, 0.25) is 5.02 Å². The van der Waals surface area contributed by atoms with Gasteiger partial charge in [-0.25, -0.2) is 14.8 Å². The Kier molecular flexibility index (Phi) is 5.84. The van der Waals surface area contributed by atoms with Crippen LogP contribution in [0.5, 0.6) is 11.5 Å². The summed E-state index contributed by atoms with van der Waals surface area (Å²) in [7, 11) is 3.06. The van der Waals surface area contributed by atoms with E-state index in [1.54, 1.807) is 19.1 Å². The van der Waals surface area contributed by atoms with E-state index in [9.17, 15) is 4.79 Å². The molecule has 7 nitrogen and oxygen atoms in total. The number of carbonyl (C=O) groups is 1. The Morgan fingerprint density at radius 2 is 1.93 bits per heavy atom. The van der Waals surface area contributed by atoms with Crippen molar-refractivity contribution in [3.63, 3.8) is 0 Å². The van der Waals surface area contributed by atoms with Gasteiger partial charge in [0.25, 0.3) is 0 Å². The van der Waals surface area contributed by atoms with Crippen LogP contribution >= 0.6 is 11.6 Å². The molecule has 1 aromatic carbocycles. The summed E-state index contributed by atoms with van der Waals surface area (Å²) in [6.07, 6.45) is 1.45. The van der Waals surface area contributed by atoms with E-state index < -0.39 is 5.97 Å². The van der Waals surface area contributed by atoms with Gasteiger partial charge in [0, 0.05) is 23.3 Å². The first-order valence-corrected chi connectivity index (χ1v) is 8.98. The van der Waals surface area contributed by atoms with Crippen molar-refractivity contribution in [2.45, 2.75) is 13.8 Å². The number of ether oxygens (including phenoxy) is 3. The van der Waals surface area contributed by atoms with Crippen molar-refractivity contribution in [3.05, 3.63) is 46.7 Å². The van der Waals surface area contributed by atoms with Crippen molar-refractivity contribution in [1.82, 2.24) is 9.97 Å². The number of methoxy groups -OCH3 is 2. The lowest BCUT2D eigenvalue weighted by molar-refractivity contribution is 0.0527. The van der Waals surface area contributed by atoms with E-state index >= 15 is 0 Å². The highest BCUT2D eigenvalue weighted by Crippen LogP contribution is 2.39. The minimum atomic E-state index is -0.487. The number of aromatic nitrogens is 2. The number of pyridine rings is 2. The van der Waals surface area contributed by atoms with E-state index in [-0.39, 0.29) is 12.2 Å². The Balaban J connectivity index is 2.19. The average Bonchev–Trinajstić information content (AvgIpc) is 2.68. The second-order valence-corrected chi connectivity index (χ2v) is 6.31. The molecule has 2 aromatic heterocycles. The van der Waals surface area contributed by atoms with E-state index in [0.717, 1.165) is 5.69 Å². The third kappa shape index (κ3) is 3.80. The lowest BCUT2D eigenvalue weighted by Crippen LogP contribution is -2.10. The Bertz CT molecular complexity index is 1040. The molecule has 3 aromatic rings. The topological polar surface area (TPSA) is 82.6 Å². The monoisotopic (exact) mass is 401 g/mol. The number of hydrogen-bond donors (Lipinski definition) is 1. The number of benzene rings is 1. The molecule has 8 heteroatoms. The Morgan fingerprint density at radius 1 is 1.18 bits per heavy atom. The molecule has 0 spiro atoms. The maximum Gasteiger partial charge on any atom is 0.341 e. The van der Waals surface area contributed by atoms with Crippen molar-refractivity contribution in [2.75, 3.05) is 26.1 Å². The van der Waals surface area contributed by atoms with Crippen LogP contribution < -0.4 is 14.8 Å². The Labute approximate surface area is 167 Å². The van der Waals surface area contributed by atoms with Gasteiger partial charge < -0.3 is 19.5 Å². The molecule has 1 N–H and O–H groups in total. The molecular formula is C20H20ClN3O4. The number of nitrogens with one attached hydrogen (secondary N) is 1. The van der Waals surface area contributed by atoms with E-state index in [0.29, 0.717) is 38.9 Å². The summed E-state index contributed by atoms with van der Waals surface area (Å²) in [5.41, 5.74) is 2.69. The molecule has 0 saturated heterocycles. The van der Waals surface area contributed by atoms with Crippen molar-refractivity contribution >= 4 is 40.0 Å². The average molecular weight is 402 g/mol. The highest BCUT2D eigenvalue weighted by molar-refractivity contribution is 6.32. The number of nitrogens with zero attached hydrogens (tertiary/aromatic N) is 2. The van der Waals surface area contributed by atoms with E-state index in [4.69, 9.17) is 25.8 Å². The standard InChI is InChI=1S/C20H20ClN3O4/c1-5-28-20(25)13-10-22-19-12(7-6-11(2)23-19)18(13)24-15-8-14(21)16(26-3)9-17(15)27-4/h6-10H,5H2,1-4H3,(H,22,23,24). The lowest BCUT2D eigenvalue weighted by Gasteiger charge is -2.17. The smallest absolute Gasteiger partial charge is 0.341 e. The second kappa shape index (κ2) is 8.31. The molecule has 0 aliphatic carbocycles. The van der Waals surface area contributed by atoms with Gasteiger partial charge in [0.15, 0.2) is 5.65 Å². The highest BCUT2D eigenvalue weighted by atomic mass is 35.5. The first-order valence-electron chi connectivity index (χ1n) is 8.60. The third-order valence-electron chi connectivity index (χ3n) is 4.10. The molecule has 146 valence electrons. The molecule has 0 aliphatic rings. The van der Waals surface area contributed by atoms with Gasteiger partial charge in [-0.15, -0.1) is 0 Å². The minimum absolute atomic E-state index is 0.250. The fraction of sp³-hybridized carbons (Fsp3) is 0.250. The summed E-state index contributed by atoms with van der Waals surface area (Å²) < 4.78 is 15.9. The molecule has 0 atom stereocenters. The quantitative estimate of drug-likeness (QED) is 0.607. The van der Waals surface area contributed by atoms with Gasteiger partial charge in [0.05, 0.1) is 37.2 Å². The van der Waals surface area contributed by atoms with Crippen LogP contribution in [0.25, 0.3) is 11.0 Å². The largest absolute Gasteiger partial charge is 0.495 e. The number of rotatable bonds is 6. The minimum Gasteiger partial charge on any atom is -0.495 e. The van der Waals surface area contributed by atoms with Crippen molar-refractivity contribution in [1.29, 1.82) is 0 Å². The molecule has 0 bridgehead atoms. The maximum atomic E-state index is 12.5. The SMILES string of the molecule is CCOC(=O)c1cnc2nc(C)ccc2c1Nc1cc(Cl)c(OC)cc1OC. The van der Waals surface area contributed by atoms with Gasteiger partial charge in [0.1, 0.15) is 17.1 Å². The first-order chi connectivity index (χ1) is 13.5. The van der Waals surface area contributed by atoms with Crippen LogP contribution in [-0.4, -0.2) is 36.8 Å². The van der Waals surface area contributed by atoms with E-state index in [1.165, 1.54) is 20.4 Å². The number of hydrogen-bond acceptors (Lipinski definition) is 7. The number of halogens is 1. The molecule has 2 heterocycles. The van der Waals surface area contributed by atoms with Gasteiger partial charge in [0.2, 0.25) is 0 Å². The normalized spacial score (nSPS) is 10.6. The highest BCUT2D eigenvalue weighted by Gasteiger charge is 2.19. The molecular weight excluding hydrogens is 382 g/mol. The summed E-state index contributed by atoms with van der Waals surface area (Å²) in [6, 6.07) is 7.04. The maximum absolute atomic E-state index is 12.5. The summed E-state index contributed by atoms with van der Waals surface area (Å²) in [5.74, 6) is 0.492. The van der Waals surface area contributed by atoms with Crippen LogP contribution in [0.3, 0.4) is 0 Å². The van der Waals surface area contributed by atoms with E-state index in [1.807, 2.05) is 19.1 Å². The Morgan fingerprint density at radius 3 is 2.61 bits per heavy atom. The number of fused-ring (bicyclic) bond motifs is 1. The molecule has 28 heavy (non-hydrogen) atoms. The fourth-order valence-electron chi connectivity index (χ4n) is 2.76. The van der Waals surface area contributed by atoms with Crippen LogP contribution in [0.4, 0.5) is 11.4 Å². The van der Waals surface area contributed by atoms with E-state index in [2.05, 4.69) is 15.3 Å². The molecule has 0 amide bonds. The summed E-state index contributed by atoms with van der Waals surface area (Å²) >= 11 is 6.28. The zero-order valence-corrected chi connectivity index (χ0v) is 16.8. The predicted molar refractivity (Wildman–Crippen MR) is 108 cm³/mol. The lowest BCUT2D eigenvalue weighted by atomic mass is 10.1. The molecule has 0 fully saturated rings. The molecule has 3 rings (SSSR count). The number of anilines is 2. The van der Waals surface area contributed by atoms with Crippen molar-refractivity contribution in [2.24, 2.45) is 0 Å². The van der Waals surface area contributed by atoms with Gasteiger partial charge >= 0.3 is 5.97 Å². The first kappa shape index (κ1) is 19.7. The van der Waals surface area contributed by atoms with Crippen LogP contribution in [0.15, 0.2) is 30.5 Å². The third-order valence-corrected chi connectivity index (χ3v) is 4.39. The van der Waals surface area contributed by atoms with Crippen molar-refractivity contribution < 1.29 is 19.0 Å². The number of carbonyl (C=O) groups excluding carboxylic acids is 1. The van der Waals surface area contributed by atoms with Crippen molar-refractivity contribution in [3.8, 4) is 11.5 Å². The molecule has 0 unspecified atom stereocenters. The Hall–Kier alpha value is -3.06. The van der Waals surface area contributed by atoms with Gasteiger partial charge in [-0.05, 0) is 32.0 Å². The summed E-state index contributed by atoms with van der Waals surface area (Å²) in [5, 5.41) is 4.31. The molecule has 0 saturated carbocycles. The number of aryl methyl sites for hydroxylation is 1. The van der Waals surface area contributed by atoms with Crippen LogP contribution in [0, 0.1) is 6.92 Å². The fourth-order valence-corrected chi connectivity index (χ4v) is 3.00. The van der Waals surface area contributed by atoms with Gasteiger partial charge in [-0.3, -0.25) is 0 Å². The van der Waals surface area contributed by atoms with Gasteiger partial charge in [-0.1, -0.05) is 11.6 Å². The summed E-state index contributed by atoms with van der Waals surface area (Å²) in [4.78, 5) is 21.2. The zero-order valence-electron chi connectivity index (χ0n) is 16.0. The zero-order chi connectivity index (χ0) is 20.3.